The Morgan fingerprint density at radius 3 is 2.64 bits per heavy atom. The Bertz CT molecular complexity index is 957. The van der Waals surface area contributed by atoms with Crippen molar-refractivity contribution in [1.29, 1.82) is 0 Å². The number of fused-ring (bicyclic) bond motifs is 1. The van der Waals surface area contributed by atoms with E-state index in [0.717, 1.165) is 35.4 Å². The summed E-state index contributed by atoms with van der Waals surface area (Å²) in [6.45, 7) is 2.31. The van der Waals surface area contributed by atoms with Crippen molar-refractivity contribution >= 4 is 23.3 Å². The smallest absolute Gasteiger partial charge is 0.322 e. The highest BCUT2D eigenvalue weighted by Gasteiger charge is 2.51. The van der Waals surface area contributed by atoms with Crippen LogP contribution in [-0.2, 0) is 12.1 Å². The molecule has 2 aromatic rings. The van der Waals surface area contributed by atoms with Gasteiger partial charge < -0.3 is 10.1 Å². The fourth-order valence-corrected chi connectivity index (χ4v) is 4.19. The van der Waals surface area contributed by atoms with E-state index < -0.39 is 5.54 Å². The largest absolute Gasteiger partial charge is 0.497 e. The number of carbonyl (C=O) groups is 1. The predicted molar refractivity (Wildman–Crippen MR) is 112 cm³/mol. The minimum atomic E-state index is -0.462. The third-order valence-electron chi connectivity index (χ3n) is 5.62. The highest BCUT2D eigenvalue weighted by atomic mass is 35.5. The van der Waals surface area contributed by atoms with E-state index in [0.29, 0.717) is 23.9 Å². The van der Waals surface area contributed by atoms with Gasteiger partial charge in [0.1, 0.15) is 5.75 Å². The summed E-state index contributed by atoms with van der Waals surface area (Å²) in [6, 6.07) is 13.5. The number of anilines is 1. The summed E-state index contributed by atoms with van der Waals surface area (Å²) in [6.07, 6.45) is 2.79. The number of urea groups is 1. The molecule has 1 atom stereocenters. The highest BCUT2D eigenvalue weighted by molar-refractivity contribution is 6.30. The van der Waals surface area contributed by atoms with E-state index in [2.05, 4.69) is 17.2 Å². The van der Waals surface area contributed by atoms with Gasteiger partial charge in [0.05, 0.1) is 24.9 Å². The number of halogens is 1. The van der Waals surface area contributed by atoms with E-state index in [4.69, 9.17) is 16.3 Å². The molecular weight excluding hydrogens is 372 g/mol. The molecule has 1 aliphatic heterocycles. The van der Waals surface area contributed by atoms with Crippen LogP contribution in [0.15, 0.2) is 42.5 Å². The van der Waals surface area contributed by atoms with Crippen LogP contribution in [-0.4, -0.2) is 13.1 Å². The zero-order valence-corrected chi connectivity index (χ0v) is 16.8. The standard InChI is InChI=1S/C23H23ClN2O2/c1-3-4-13-23(17-7-8-17)20-14-18(24)9-12-21(20)26(22(27)25-23)15-16-5-10-19(28-2)11-6-16/h5-6,9-12,14,17H,7-8,13,15H2,1-2H3,(H,25,27). The number of methoxy groups -OCH3 is 1. The van der Waals surface area contributed by atoms with Gasteiger partial charge in [-0.25, -0.2) is 4.79 Å². The molecule has 1 fully saturated rings. The number of benzene rings is 2. The number of nitrogens with zero attached hydrogens (tertiary/aromatic N) is 1. The minimum absolute atomic E-state index is 0.0876. The highest BCUT2D eigenvalue weighted by Crippen LogP contribution is 2.52. The van der Waals surface area contributed by atoms with Gasteiger partial charge in [-0.05, 0) is 61.6 Å². The summed E-state index contributed by atoms with van der Waals surface area (Å²) < 4.78 is 5.23. The molecular formula is C23H23ClN2O2. The molecule has 0 aromatic heterocycles. The van der Waals surface area contributed by atoms with Crippen molar-refractivity contribution in [3.63, 3.8) is 0 Å². The summed E-state index contributed by atoms with van der Waals surface area (Å²) in [5.41, 5.74) is 2.55. The Balaban J connectivity index is 1.75. The molecule has 1 saturated carbocycles. The topological polar surface area (TPSA) is 41.6 Å². The second kappa shape index (κ2) is 7.41. The Labute approximate surface area is 170 Å². The van der Waals surface area contributed by atoms with Crippen molar-refractivity contribution in [3.8, 4) is 17.6 Å². The van der Waals surface area contributed by atoms with Crippen LogP contribution in [0.5, 0.6) is 5.75 Å². The van der Waals surface area contributed by atoms with Crippen molar-refractivity contribution in [2.75, 3.05) is 12.0 Å². The molecule has 0 bridgehead atoms. The lowest BCUT2D eigenvalue weighted by molar-refractivity contribution is 0.217. The minimum Gasteiger partial charge on any atom is -0.497 e. The van der Waals surface area contributed by atoms with E-state index in [1.165, 1.54) is 0 Å². The Morgan fingerprint density at radius 1 is 1.25 bits per heavy atom. The van der Waals surface area contributed by atoms with E-state index in [-0.39, 0.29) is 6.03 Å². The van der Waals surface area contributed by atoms with E-state index >= 15 is 0 Å². The molecule has 1 unspecified atom stereocenters. The van der Waals surface area contributed by atoms with Gasteiger partial charge in [0.25, 0.3) is 0 Å². The number of hydrogen-bond donors (Lipinski definition) is 1. The second-order valence-electron chi connectivity index (χ2n) is 7.38. The first-order valence-electron chi connectivity index (χ1n) is 9.49. The van der Waals surface area contributed by atoms with Gasteiger partial charge in [0.2, 0.25) is 0 Å². The molecule has 144 valence electrons. The first-order valence-corrected chi connectivity index (χ1v) is 9.87. The third kappa shape index (κ3) is 3.31. The molecule has 0 saturated heterocycles. The molecule has 1 heterocycles. The van der Waals surface area contributed by atoms with Gasteiger partial charge in [0, 0.05) is 17.0 Å². The van der Waals surface area contributed by atoms with Crippen LogP contribution in [0, 0.1) is 17.8 Å². The van der Waals surface area contributed by atoms with Crippen LogP contribution in [0.2, 0.25) is 5.02 Å². The van der Waals surface area contributed by atoms with Crippen LogP contribution < -0.4 is 15.0 Å². The molecule has 1 N–H and O–H groups in total. The van der Waals surface area contributed by atoms with Gasteiger partial charge in [-0.3, -0.25) is 4.90 Å². The molecule has 4 nitrogen and oxygen atoms in total. The number of rotatable bonds is 5. The second-order valence-corrected chi connectivity index (χ2v) is 7.81. The molecule has 2 aliphatic rings. The van der Waals surface area contributed by atoms with Crippen LogP contribution in [0.25, 0.3) is 0 Å². The number of amides is 2. The van der Waals surface area contributed by atoms with Crippen LogP contribution in [0.3, 0.4) is 0 Å². The molecule has 0 spiro atoms. The van der Waals surface area contributed by atoms with Crippen molar-refractivity contribution in [1.82, 2.24) is 5.32 Å². The summed E-state index contributed by atoms with van der Waals surface area (Å²) >= 11 is 6.36. The first-order chi connectivity index (χ1) is 13.6. The fraction of sp³-hybridized carbons (Fsp3) is 0.348. The maximum absolute atomic E-state index is 13.2. The molecule has 5 heteroatoms. The van der Waals surface area contributed by atoms with Crippen molar-refractivity contribution in [3.05, 3.63) is 58.6 Å². The van der Waals surface area contributed by atoms with Gasteiger partial charge in [0.15, 0.2) is 0 Å². The zero-order chi connectivity index (χ0) is 19.7. The lowest BCUT2D eigenvalue weighted by Crippen LogP contribution is -2.57. The van der Waals surface area contributed by atoms with Crippen molar-refractivity contribution in [2.45, 2.75) is 38.3 Å². The lowest BCUT2D eigenvalue weighted by atomic mass is 9.79. The number of hydrogen-bond acceptors (Lipinski definition) is 2. The monoisotopic (exact) mass is 394 g/mol. The van der Waals surface area contributed by atoms with Crippen molar-refractivity contribution in [2.24, 2.45) is 5.92 Å². The summed E-state index contributed by atoms with van der Waals surface area (Å²) in [4.78, 5) is 15.0. The average molecular weight is 395 g/mol. The Morgan fingerprint density at radius 2 is 2.00 bits per heavy atom. The van der Waals surface area contributed by atoms with Gasteiger partial charge in [-0.15, -0.1) is 11.8 Å². The molecule has 28 heavy (non-hydrogen) atoms. The molecule has 1 aliphatic carbocycles. The van der Waals surface area contributed by atoms with E-state index in [1.54, 1.807) is 12.0 Å². The Hall–Kier alpha value is -2.64. The quantitative estimate of drug-likeness (QED) is 0.717. The van der Waals surface area contributed by atoms with Gasteiger partial charge in [-0.1, -0.05) is 23.7 Å². The number of ether oxygens (including phenoxy) is 1. The Kier molecular flexibility index (Phi) is 4.95. The maximum atomic E-state index is 13.2. The average Bonchev–Trinajstić information content (AvgIpc) is 3.55. The third-order valence-corrected chi connectivity index (χ3v) is 5.86. The SMILES string of the molecule is CC#CCC1(C2CC2)NC(=O)N(Cc2ccc(OC)cc2)c2ccc(Cl)cc21. The van der Waals surface area contributed by atoms with Crippen LogP contribution in [0.4, 0.5) is 10.5 Å². The van der Waals surface area contributed by atoms with Gasteiger partial charge >= 0.3 is 6.03 Å². The van der Waals surface area contributed by atoms with Gasteiger partial charge in [-0.2, -0.15) is 0 Å². The van der Waals surface area contributed by atoms with E-state index in [9.17, 15) is 4.79 Å². The van der Waals surface area contributed by atoms with E-state index in [1.807, 2.05) is 49.4 Å². The summed E-state index contributed by atoms with van der Waals surface area (Å²) in [7, 11) is 1.64. The van der Waals surface area contributed by atoms with Crippen molar-refractivity contribution < 1.29 is 9.53 Å². The summed E-state index contributed by atoms with van der Waals surface area (Å²) in [5.74, 6) is 7.38. The van der Waals surface area contributed by atoms with Crippen LogP contribution in [0.1, 0.15) is 37.3 Å². The zero-order valence-electron chi connectivity index (χ0n) is 16.1. The molecule has 0 radical (unpaired) electrons. The number of carbonyl (C=O) groups excluding carboxylic acids is 1. The number of nitrogens with one attached hydrogen (secondary N) is 1. The fourth-order valence-electron chi connectivity index (χ4n) is 4.02. The predicted octanol–water partition coefficient (Wildman–Crippen LogP) is 5.10. The summed E-state index contributed by atoms with van der Waals surface area (Å²) in [5, 5.41) is 3.98. The maximum Gasteiger partial charge on any atom is 0.322 e. The molecule has 2 aromatic carbocycles. The normalized spacial score (nSPS) is 20.7. The first kappa shape index (κ1) is 18.7. The molecule has 4 rings (SSSR count). The molecule has 2 amide bonds. The van der Waals surface area contributed by atoms with Crippen LogP contribution >= 0.6 is 11.6 Å². The lowest BCUT2D eigenvalue weighted by Gasteiger charge is -2.44.